The average Bonchev–Trinajstić information content (AvgIpc) is 3.45. The number of allylic oxidation sites excluding steroid dienone is 1. The van der Waals surface area contributed by atoms with E-state index in [0.717, 1.165) is 35.2 Å². The van der Waals surface area contributed by atoms with Gasteiger partial charge in [-0.2, -0.15) is 0 Å². The minimum absolute atomic E-state index is 0.0573. The third-order valence-corrected chi connectivity index (χ3v) is 8.09. The van der Waals surface area contributed by atoms with E-state index < -0.39 is 35.8 Å². The van der Waals surface area contributed by atoms with Crippen molar-refractivity contribution in [1.29, 1.82) is 0 Å². The Hall–Kier alpha value is -2.20. The lowest BCUT2D eigenvalue weighted by molar-refractivity contribution is -0.159. The second kappa shape index (κ2) is 9.19. The van der Waals surface area contributed by atoms with Gasteiger partial charge in [-0.15, -0.1) is 0 Å². The molecule has 38 heavy (non-hydrogen) atoms. The molecule has 0 atom stereocenters. The number of nitrogens with zero attached hydrogens (tertiary/aromatic N) is 2. The van der Waals surface area contributed by atoms with Gasteiger partial charge in [-0.25, -0.2) is 9.78 Å². The van der Waals surface area contributed by atoms with Crippen molar-refractivity contribution in [3.8, 4) is 0 Å². The molecule has 4 heterocycles. The SMILES string of the molecule is CC(C)c1c(B2OC(C)(C)C(C)(C)O2)n(C(=O)OC(C)(C)C)c2ccc(C3=CCC4(CC3)OCCO4)nc12. The molecule has 2 aromatic rings. The number of carbonyl (C=O) groups is 1. The van der Waals surface area contributed by atoms with Crippen molar-refractivity contribution in [2.24, 2.45) is 0 Å². The molecule has 0 amide bonds. The Balaban J connectivity index is 1.65. The predicted octanol–water partition coefficient (Wildman–Crippen LogP) is 5.55. The van der Waals surface area contributed by atoms with Crippen molar-refractivity contribution >= 4 is 35.4 Å². The first kappa shape index (κ1) is 27.4. The second-order valence-corrected chi connectivity index (χ2v) is 13.0. The third kappa shape index (κ3) is 4.72. The monoisotopic (exact) mass is 524 g/mol. The molecule has 8 nitrogen and oxygen atoms in total. The molecule has 2 aromatic heterocycles. The first-order valence-corrected chi connectivity index (χ1v) is 13.7. The molecule has 2 aliphatic heterocycles. The van der Waals surface area contributed by atoms with Crippen LogP contribution in [0.1, 0.15) is 98.8 Å². The van der Waals surface area contributed by atoms with Crippen LogP contribution < -0.4 is 5.59 Å². The third-order valence-electron chi connectivity index (χ3n) is 8.09. The van der Waals surface area contributed by atoms with Crippen LogP contribution in [0.25, 0.3) is 16.6 Å². The molecule has 1 aliphatic carbocycles. The van der Waals surface area contributed by atoms with Crippen molar-refractivity contribution in [1.82, 2.24) is 9.55 Å². The van der Waals surface area contributed by atoms with Crippen LogP contribution in [0.4, 0.5) is 4.79 Å². The van der Waals surface area contributed by atoms with Gasteiger partial charge in [0.25, 0.3) is 0 Å². The van der Waals surface area contributed by atoms with Gasteiger partial charge in [0.1, 0.15) is 5.60 Å². The lowest BCUT2D eigenvalue weighted by Gasteiger charge is -2.32. The maximum Gasteiger partial charge on any atom is 0.513 e. The highest BCUT2D eigenvalue weighted by Gasteiger charge is 2.54. The lowest BCUT2D eigenvalue weighted by atomic mass is 9.78. The first-order valence-electron chi connectivity index (χ1n) is 13.7. The minimum atomic E-state index is -0.743. The average molecular weight is 524 g/mol. The molecule has 9 heteroatoms. The van der Waals surface area contributed by atoms with Gasteiger partial charge in [0, 0.05) is 12.8 Å². The van der Waals surface area contributed by atoms with Crippen LogP contribution in [0.3, 0.4) is 0 Å². The van der Waals surface area contributed by atoms with E-state index in [1.807, 2.05) is 60.6 Å². The largest absolute Gasteiger partial charge is 0.513 e. The van der Waals surface area contributed by atoms with Crippen LogP contribution >= 0.6 is 0 Å². The van der Waals surface area contributed by atoms with Crippen molar-refractivity contribution in [2.75, 3.05) is 13.2 Å². The normalized spacial score (nSPS) is 22.5. The van der Waals surface area contributed by atoms with Crippen LogP contribution in [0.15, 0.2) is 18.2 Å². The number of carbonyl (C=O) groups excluding carboxylic acids is 1. The van der Waals surface area contributed by atoms with E-state index in [2.05, 4.69) is 19.9 Å². The highest BCUT2D eigenvalue weighted by atomic mass is 16.7. The fraction of sp³-hybridized carbons (Fsp3) is 0.655. The van der Waals surface area contributed by atoms with Crippen molar-refractivity contribution < 1.29 is 28.3 Å². The zero-order valence-electron chi connectivity index (χ0n) is 24.3. The Morgan fingerprint density at radius 1 is 1.08 bits per heavy atom. The van der Waals surface area contributed by atoms with E-state index in [1.54, 1.807) is 4.57 Å². The summed E-state index contributed by atoms with van der Waals surface area (Å²) >= 11 is 0. The number of hydrogen-bond acceptors (Lipinski definition) is 7. The Morgan fingerprint density at radius 3 is 2.24 bits per heavy atom. The van der Waals surface area contributed by atoms with E-state index in [1.165, 1.54) is 0 Å². The number of fused-ring (bicyclic) bond motifs is 1. The van der Waals surface area contributed by atoms with Gasteiger partial charge in [-0.3, -0.25) is 4.57 Å². The summed E-state index contributed by atoms with van der Waals surface area (Å²) in [6.07, 6.45) is 4.03. The molecule has 0 aromatic carbocycles. The number of aromatic nitrogens is 2. The Morgan fingerprint density at radius 2 is 1.71 bits per heavy atom. The molecule has 5 rings (SSSR count). The van der Waals surface area contributed by atoms with E-state index in [0.29, 0.717) is 30.7 Å². The van der Waals surface area contributed by atoms with E-state index in [-0.39, 0.29) is 5.92 Å². The molecular formula is C29H41BN2O6. The Kier molecular flexibility index (Phi) is 6.62. The van der Waals surface area contributed by atoms with Crippen LogP contribution in [0.5, 0.6) is 0 Å². The maximum absolute atomic E-state index is 13.7. The number of rotatable bonds is 3. The molecule has 0 unspecified atom stereocenters. The quantitative estimate of drug-likeness (QED) is 0.487. The van der Waals surface area contributed by atoms with Crippen molar-refractivity contribution in [3.05, 3.63) is 29.5 Å². The fourth-order valence-electron chi connectivity index (χ4n) is 5.44. The molecule has 0 saturated carbocycles. The Labute approximate surface area is 226 Å². The summed E-state index contributed by atoms with van der Waals surface area (Å²) in [4.78, 5) is 18.9. The second-order valence-electron chi connectivity index (χ2n) is 13.0. The van der Waals surface area contributed by atoms with Crippen LogP contribution in [-0.4, -0.2) is 58.6 Å². The molecule has 1 spiro atoms. The van der Waals surface area contributed by atoms with Gasteiger partial charge in [0.15, 0.2) is 5.79 Å². The minimum Gasteiger partial charge on any atom is -0.443 e. The summed E-state index contributed by atoms with van der Waals surface area (Å²) in [5, 5.41) is 0. The molecule has 2 fully saturated rings. The molecule has 0 radical (unpaired) electrons. The van der Waals surface area contributed by atoms with Gasteiger partial charge in [-0.1, -0.05) is 19.9 Å². The highest BCUT2D eigenvalue weighted by Crippen LogP contribution is 2.40. The zero-order valence-corrected chi connectivity index (χ0v) is 24.3. The highest BCUT2D eigenvalue weighted by molar-refractivity contribution is 6.63. The summed E-state index contributed by atoms with van der Waals surface area (Å²) in [5.41, 5.74) is 3.30. The summed E-state index contributed by atoms with van der Waals surface area (Å²) in [7, 11) is -0.743. The van der Waals surface area contributed by atoms with Gasteiger partial charge >= 0.3 is 13.2 Å². The smallest absolute Gasteiger partial charge is 0.443 e. The van der Waals surface area contributed by atoms with Crippen LogP contribution in [0.2, 0.25) is 0 Å². The summed E-state index contributed by atoms with van der Waals surface area (Å²) in [6, 6.07) is 3.96. The Bertz CT molecular complexity index is 1260. The molecule has 0 N–H and O–H groups in total. The van der Waals surface area contributed by atoms with Gasteiger partial charge < -0.3 is 23.5 Å². The summed E-state index contributed by atoms with van der Waals surface area (Å²) < 4.78 is 32.2. The van der Waals surface area contributed by atoms with E-state index >= 15 is 0 Å². The standard InChI is InChI=1S/C29H41BN2O6/c1-18(2)22-23-21(11-10-20(31-23)19-12-14-29(15-13-19)34-16-17-35-29)32(25(33)36-26(3,4)5)24(22)30-37-27(6,7)28(8,9)38-30/h10-12,18H,13-17H2,1-9H3. The zero-order chi connectivity index (χ0) is 27.7. The van der Waals surface area contributed by atoms with Crippen LogP contribution in [-0.2, 0) is 23.5 Å². The first-order chi connectivity index (χ1) is 17.6. The maximum atomic E-state index is 13.7. The molecule has 0 bridgehead atoms. The fourth-order valence-corrected chi connectivity index (χ4v) is 5.44. The topological polar surface area (TPSA) is 81.0 Å². The van der Waals surface area contributed by atoms with Gasteiger partial charge in [0.2, 0.25) is 0 Å². The van der Waals surface area contributed by atoms with Crippen molar-refractivity contribution in [3.63, 3.8) is 0 Å². The van der Waals surface area contributed by atoms with Gasteiger partial charge in [-0.05, 0) is 84.1 Å². The lowest BCUT2D eigenvalue weighted by Crippen LogP contribution is -2.44. The van der Waals surface area contributed by atoms with Crippen molar-refractivity contribution in [2.45, 2.75) is 110 Å². The molecule has 206 valence electrons. The molecular weight excluding hydrogens is 483 g/mol. The summed E-state index contributed by atoms with van der Waals surface area (Å²) in [5.74, 6) is -0.428. The van der Waals surface area contributed by atoms with Crippen LogP contribution in [0, 0.1) is 0 Å². The number of pyridine rings is 1. The predicted molar refractivity (Wildman–Crippen MR) is 148 cm³/mol. The number of hydrogen-bond donors (Lipinski definition) is 0. The molecule has 2 saturated heterocycles. The summed E-state index contributed by atoms with van der Waals surface area (Å²) in [6.45, 7) is 19.2. The van der Waals surface area contributed by atoms with Gasteiger partial charge in [0.05, 0.1) is 46.7 Å². The number of ether oxygens (including phenoxy) is 3. The van der Waals surface area contributed by atoms with E-state index in [4.69, 9.17) is 28.5 Å². The molecule has 3 aliphatic rings. The van der Waals surface area contributed by atoms with E-state index in [9.17, 15) is 4.79 Å².